The van der Waals surface area contributed by atoms with Crippen LogP contribution in [-0.2, 0) is 4.74 Å². The molecule has 4 nitrogen and oxygen atoms in total. The molecule has 0 spiro atoms. The van der Waals surface area contributed by atoms with Crippen LogP contribution in [0.4, 0.5) is 5.69 Å². The maximum Gasteiger partial charge on any atom is 0.123 e. The van der Waals surface area contributed by atoms with Crippen LogP contribution in [0.2, 0.25) is 0 Å². The van der Waals surface area contributed by atoms with E-state index in [-0.39, 0.29) is 11.9 Å². The van der Waals surface area contributed by atoms with Crippen LogP contribution >= 0.6 is 15.9 Å². The molecule has 0 aliphatic carbocycles. The molecule has 1 aromatic carbocycles. The molecule has 0 amide bonds. The van der Waals surface area contributed by atoms with E-state index in [9.17, 15) is 0 Å². The van der Waals surface area contributed by atoms with Gasteiger partial charge in [0.15, 0.2) is 0 Å². The highest BCUT2D eigenvalue weighted by Crippen LogP contribution is 2.25. The number of nitrogen functional groups attached to an aromatic ring is 1. The predicted octanol–water partition coefficient (Wildman–Crippen LogP) is 2.35. The molecule has 1 heterocycles. The van der Waals surface area contributed by atoms with Crippen molar-refractivity contribution in [2.45, 2.75) is 19.4 Å². The van der Waals surface area contributed by atoms with E-state index in [0.29, 0.717) is 0 Å². The summed E-state index contributed by atoms with van der Waals surface area (Å²) in [6, 6.07) is 5.92. The molecule has 1 fully saturated rings. The normalized spacial score (nSPS) is 20.6. The molecule has 1 aliphatic heterocycles. The van der Waals surface area contributed by atoms with Crippen molar-refractivity contribution in [1.29, 1.82) is 5.41 Å². The van der Waals surface area contributed by atoms with Crippen LogP contribution in [0, 0.1) is 5.41 Å². The van der Waals surface area contributed by atoms with E-state index in [1.54, 1.807) is 0 Å². The molecular formula is C13H18BrN3O. The van der Waals surface area contributed by atoms with Gasteiger partial charge in [0.05, 0.1) is 6.10 Å². The fraction of sp³-hybridized carbons (Fsp3) is 0.462. The van der Waals surface area contributed by atoms with Crippen molar-refractivity contribution in [3.8, 4) is 0 Å². The molecule has 18 heavy (non-hydrogen) atoms. The van der Waals surface area contributed by atoms with E-state index >= 15 is 0 Å². The molecule has 0 radical (unpaired) electrons. The summed E-state index contributed by atoms with van der Waals surface area (Å²) in [5.41, 5.74) is 7.39. The van der Waals surface area contributed by atoms with Gasteiger partial charge in [0.25, 0.3) is 0 Å². The molecule has 1 aliphatic rings. The van der Waals surface area contributed by atoms with E-state index in [2.05, 4.69) is 27.8 Å². The summed E-state index contributed by atoms with van der Waals surface area (Å²) in [7, 11) is 0. The van der Waals surface area contributed by atoms with Crippen LogP contribution in [0.15, 0.2) is 22.7 Å². The van der Waals surface area contributed by atoms with Gasteiger partial charge in [0.1, 0.15) is 5.84 Å². The molecule has 0 aromatic heterocycles. The molecule has 1 atom stereocenters. The Hall–Kier alpha value is -1.07. The summed E-state index contributed by atoms with van der Waals surface area (Å²) >= 11 is 3.47. The number of ether oxygens (including phenoxy) is 1. The smallest absolute Gasteiger partial charge is 0.123 e. The van der Waals surface area contributed by atoms with Gasteiger partial charge >= 0.3 is 0 Å². The summed E-state index contributed by atoms with van der Waals surface area (Å²) in [6.07, 6.45) is 1.29. The van der Waals surface area contributed by atoms with Crippen LogP contribution in [-0.4, -0.2) is 31.6 Å². The number of anilines is 1. The third kappa shape index (κ3) is 3.03. The molecule has 3 N–H and O–H groups in total. The largest absolute Gasteiger partial charge is 0.384 e. The monoisotopic (exact) mass is 311 g/mol. The van der Waals surface area contributed by atoms with Crippen molar-refractivity contribution >= 4 is 27.5 Å². The first-order chi connectivity index (χ1) is 8.58. The Balaban J connectivity index is 2.22. The minimum Gasteiger partial charge on any atom is -0.384 e. The fourth-order valence-corrected chi connectivity index (χ4v) is 2.73. The zero-order valence-corrected chi connectivity index (χ0v) is 12.0. The second kappa shape index (κ2) is 5.71. The fourth-order valence-electron chi connectivity index (χ4n) is 2.15. The standard InChI is InChI=1S/C13H18BrN3O/c1-9-8-17(5-2-6-18-9)10-3-4-11(13(15)16)12(14)7-10/h3-4,7,9H,2,5-6,8H2,1H3,(H3,15,16). The van der Waals surface area contributed by atoms with E-state index in [0.717, 1.165) is 41.8 Å². The third-order valence-electron chi connectivity index (χ3n) is 3.06. The molecule has 1 saturated heterocycles. The molecule has 0 saturated carbocycles. The molecule has 2 rings (SSSR count). The Labute approximate surface area is 116 Å². The maximum absolute atomic E-state index is 7.47. The number of nitrogens with two attached hydrogens (primary N) is 1. The molecule has 0 bridgehead atoms. The number of nitrogens with one attached hydrogen (secondary N) is 1. The second-order valence-electron chi connectivity index (χ2n) is 4.56. The van der Waals surface area contributed by atoms with Gasteiger partial charge in [0.2, 0.25) is 0 Å². The molecule has 1 aromatic rings. The number of hydrogen-bond acceptors (Lipinski definition) is 3. The lowest BCUT2D eigenvalue weighted by atomic mass is 10.1. The van der Waals surface area contributed by atoms with Gasteiger partial charge < -0.3 is 15.4 Å². The first-order valence-electron chi connectivity index (χ1n) is 6.08. The van der Waals surface area contributed by atoms with Crippen LogP contribution in [0.25, 0.3) is 0 Å². The Morgan fingerprint density at radius 3 is 3.00 bits per heavy atom. The molecular weight excluding hydrogens is 294 g/mol. The Morgan fingerprint density at radius 1 is 1.56 bits per heavy atom. The first kappa shape index (κ1) is 13.4. The van der Waals surface area contributed by atoms with Gasteiger partial charge in [-0.05, 0) is 47.5 Å². The third-order valence-corrected chi connectivity index (χ3v) is 3.72. The Morgan fingerprint density at radius 2 is 2.33 bits per heavy atom. The number of nitrogens with zero attached hydrogens (tertiary/aromatic N) is 1. The summed E-state index contributed by atoms with van der Waals surface area (Å²) in [6.45, 7) is 4.81. The number of rotatable bonds is 2. The summed E-state index contributed by atoms with van der Waals surface area (Å²) in [4.78, 5) is 2.31. The maximum atomic E-state index is 7.47. The lowest BCUT2D eigenvalue weighted by Gasteiger charge is -2.25. The highest BCUT2D eigenvalue weighted by molar-refractivity contribution is 9.10. The number of hydrogen-bond donors (Lipinski definition) is 2. The van der Waals surface area contributed by atoms with Crippen molar-refractivity contribution in [3.63, 3.8) is 0 Å². The highest BCUT2D eigenvalue weighted by Gasteiger charge is 2.16. The quantitative estimate of drug-likeness (QED) is 0.651. The van der Waals surface area contributed by atoms with Crippen molar-refractivity contribution in [3.05, 3.63) is 28.2 Å². The average Bonchev–Trinajstić information content (AvgIpc) is 2.53. The zero-order chi connectivity index (χ0) is 13.1. The van der Waals surface area contributed by atoms with Gasteiger partial charge in [-0.2, -0.15) is 0 Å². The zero-order valence-electron chi connectivity index (χ0n) is 10.4. The SMILES string of the molecule is CC1CN(c2ccc(C(=N)N)c(Br)c2)CCCO1. The second-order valence-corrected chi connectivity index (χ2v) is 5.41. The highest BCUT2D eigenvalue weighted by atomic mass is 79.9. The summed E-state index contributed by atoms with van der Waals surface area (Å²) < 4.78 is 6.51. The van der Waals surface area contributed by atoms with Crippen molar-refractivity contribution in [1.82, 2.24) is 0 Å². The lowest BCUT2D eigenvalue weighted by molar-refractivity contribution is 0.0821. The first-order valence-corrected chi connectivity index (χ1v) is 6.87. The molecule has 1 unspecified atom stereocenters. The number of benzene rings is 1. The summed E-state index contributed by atoms with van der Waals surface area (Å²) in [5, 5.41) is 7.47. The molecule has 98 valence electrons. The van der Waals surface area contributed by atoms with Gasteiger partial charge in [-0.3, -0.25) is 5.41 Å². The molecule has 5 heteroatoms. The van der Waals surface area contributed by atoms with Crippen LogP contribution < -0.4 is 10.6 Å². The van der Waals surface area contributed by atoms with Crippen LogP contribution in [0.3, 0.4) is 0 Å². The van der Waals surface area contributed by atoms with Gasteiger partial charge in [-0.15, -0.1) is 0 Å². The van der Waals surface area contributed by atoms with Crippen molar-refractivity contribution in [2.75, 3.05) is 24.6 Å². The summed E-state index contributed by atoms with van der Waals surface area (Å²) in [5.74, 6) is 0.0843. The van der Waals surface area contributed by atoms with Crippen molar-refractivity contribution < 1.29 is 4.74 Å². The van der Waals surface area contributed by atoms with Gasteiger partial charge in [0, 0.05) is 35.4 Å². The Bertz CT molecular complexity index is 450. The van der Waals surface area contributed by atoms with Crippen molar-refractivity contribution in [2.24, 2.45) is 5.73 Å². The van der Waals surface area contributed by atoms with E-state index in [4.69, 9.17) is 15.9 Å². The van der Waals surface area contributed by atoms with Gasteiger partial charge in [-0.1, -0.05) is 0 Å². The predicted molar refractivity (Wildman–Crippen MR) is 77.4 cm³/mol. The topological polar surface area (TPSA) is 62.3 Å². The Kier molecular flexibility index (Phi) is 4.24. The number of halogens is 1. The van der Waals surface area contributed by atoms with E-state index in [1.807, 2.05) is 18.2 Å². The minimum absolute atomic E-state index is 0.0843. The van der Waals surface area contributed by atoms with Gasteiger partial charge in [-0.25, -0.2) is 0 Å². The van der Waals surface area contributed by atoms with Crippen LogP contribution in [0.1, 0.15) is 18.9 Å². The van der Waals surface area contributed by atoms with E-state index in [1.165, 1.54) is 0 Å². The van der Waals surface area contributed by atoms with Crippen LogP contribution in [0.5, 0.6) is 0 Å². The number of amidine groups is 1. The lowest BCUT2D eigenvalue weighted by Crippen LogP contribution is -2.30. The average molecular weight is 312 g/mol. The van der Waals surface area contributed by atoms with E-state index < -0.39 is 0 Å². The minimum atomic E-state index is 0.0843.